The number of rotatable bonds is 8. The molecule has 1 aromatic heterocycles. The van der Waals surface area contributed by atoms with Crippen molar-refractivity contribution in [2.24, 2.45) is 7.05 Å². The maximum Gasteiger partial charge on any atom is 0.326 e. The van der Waals surface area contributed by atoms with Crippen LogP contribution >= 0.6 is 11.6 Å². The van der Waals surface area contributed by atoms with E-state index in [0.717, 1.165) is 24.9 Å². The molecule has 8 nitrogen and oxygen atoms in total. The van der Waals surface area contributed by atoms with Crippen LogP contribution in [-0.2, 0) is 28.5 Å². The van der Waals surface area contributed by atoms with Crippen LogP contribution in [0.4, 0.5) is 5.69 Å². The third kappa shape index (κ3) is 5.99. The minimum atomic E-state index is -4.11. The highest BCUT2D eigenvalue weighted by molar-refractivity contribution is 7.91. The fourth-order valence-corrected chi connectivity index (χ4v) is 5.29. The van der Waals surface area contributed by atoms with E-state index in [4.69, 9.17) is 11.6 Å². The summed E-state index contributed by atoms with van der Waals surface area (Å²) in [6, 6.07) is 5.50. The van der Waals surface area contributed by atoms with Crippen molar-refractivity contribution in [1.82, 2.24) is 19.4 Å². The predicted octanol–water partition coefficient (Wildman–Crippen LogP) is 2.70. The molecule has 1 fully saturated rings. The van der Waals surface area contributed by atoms with Gasteiger partial charge in [-0.1, -0.05) is 31.5 Å². The third-order valence-corrected chi connectivity index (χ3v) is 7.22. The summed E-state index contributed by atoms with van der Waals surface area (Å²) >= 11 is 6.18. The predicted molar refractivity (Wildman–Crippen MR) is 123 cm³/mol. The molecule has 2 heterocycles. The van der Waals surface area contributed by atoms with E-state index in [-0.39, 0.29) is 24.9 Å². The number of amides is 1. The van der Waals surface area contributed by atoms with Crippen molar-refractivity contribution in [3.8, 4) is 0 Å². The lowest BCUT2D eigenvalue weighted by Gasteiger charge is -2.28. The van der Waals surface area contributed by atoms with Crippen molar-refractivity contribution in [2.75, 3.05) is 24.4 Å². The number of benzene rings is 1. The van der Waals surface area contributed by atoms with Crippen LogP contribution in [0.3, 0.4) is 0 Å². The summed E-state index contributed by atoms with van der Waals surface area (Å²) in [5, 5.41) is 4.62. The molecule has 1 aliphatic heterocycles. The Morgan fingerprint density at radius 3 is 2.65 bits per heavy atom. The topological polar surface area (TPSA) is 87.5 Å². The summed E-state index contributed by atoms with van der Waals surface area (Å²) in [7, 11) is -0.404. The summed E-state index contributed by atoms with van der Waals surface area (Å²) < 4.78 is 31.4. The van der Waals surface area contributed by atoms with Crippen molar-refractivity contribution >= 4 is 33.4 Å². The highest BCUT2D eigenvalue weighted by atomic mass is 35.5. The number of aromatic nitrogens is 2. The smallest absolute Gasteiger partial charge is 0.302 e. The molecule has 1 saturated heterocycles. The van der Waals surface area contributed by atoms with Gasteiger partial charge in [-0.25, -0.2) is 9.03 Å². The van der Waals surface area contributed by atoms with Crippen molar-refractivity contribution in [3.05, 3.63) is 46.7 Å². The van der Waals surface area contributed by atoms with Gasteiger partial charge >= 0.3 is 10.2 Å². The number of hydrogen-bond acceptors (Lipinski definition) is 5. The second-order valence-corrected chi connectivity index (χ2v) is 10.5. The zero-order valence-corrected chi connectivity index (χ0v) is 19.9. The fourth-order valence-electron chi connectivity index (χ4n) is 3.81. The van der Waals surface area contributed by atoms with Gasteiger partial charge in [0.25, 0.3) is 0 Å². The van der Waals surface area contributed by atoms with E-state index < -0.39 is 16.1 Å². The van der Waals surface area contributed by atoms with E-state index in [1.807, 2.05) is 33.0 Å². The number of hydrogen-bond donors (Lipinski definition) is 1. The molecular formula is C21H30ClN5O3S. The first-order valence-electron chi connectivity index (χ1n) is 10.4. The molecule has 0 bridgehead atoms. The largest absolute Gasteiger partial charge is 0.326 e. The van der Waals surface area contributed by atoms with E-state index >= 15 is 0 Å². The number of likely N-dealkylation sites (N-methyl/N-ethyl adjacent to an activating group) is 1. The Hall–Kier alpha value is -2.10. The van der Waals surface area contributed by atoms with Crippen LogP contribution in [0, 0.1) is 0 Å². The maximum atomic E-state index is 13.2. The number of halogens is 1. The minimum absolute atomic E-state index is 0.0772. The fraction of sp³-hybridized carbons (Fsp3) is 0.524. The number of aryl methyl sites for hydroxylation is 1. The lowest BCUT2D eigenvalue weighted by molar-refractivity contribution is -0.118. The molecule has 1 N–H and O–H groups in total. The number of nitrogens with zero attached hydrogens (tertiary/aromatic N) is 4. The van der Waals surface area contributed by atoms with Crippen molar-refractivity contribution < 1.29 is 13.2 Å². The molecule has 0 unspecified atom stereocenters. The van der Waals surface area contributed by atoms with Gasteiger partial charge in [0, 0.05) is 24.3 Å². The zero-order valence-electron chi connectivity index (χ0n) is 18.4. The number of likely N-dealkylation sites (tertiary alicyclic amines) is 1. The van der Waals surface area contributed by atoms with E-state index in [1.54, 1.807) is 19.3 Å². The van der Waals surface area contributed by atoms with Crippen molar-refractivity contribution in [2.45, 2.75) is 45.1 Å². The maximum absolute atomic E-state index is 13.2. The number of carbonyl (C=O) groups is 1. The van der Waals surface area contributed by atoms with Gasteiger partial charge in [-0.2, -0.15) is 13.5 Å². The normalized spacial score (nSPS) is 17.3. The first-order chi connectivity index (χ1) is 14.5. The average molecular weight is 468 g/mol. The number of nitrogens with one attached hydrogen (secondary N) is 1. The highest BCUT2D eigenvalue weighted by Gasteiger charge is 2.31. The minimum Gasteiger partial charge on any atom is -0.302 e. The van der Waals surface area contributed by atoms with E-state index in [1.165, 1.54) is 15.2 Å². The Bertz CT molecular complexity index is 1040. The number of carbonyl (C=O) groups excluding carboxylic acids is 1. The van der Waals surface area contributed by atoms with Gasteiger partial charge in [-0.3, -0.25) is 9.48 Å². The lowest BCUT2D eigenvalue weighted by atomic mass is 9.99. The molecule has 1 aromatic carbocycles. The molecule has 1 aliphatic rings. The molecular weight excluding hydrogens is 438 g/mol. The van der Waals surface area contributed by atoms with Crippen LogP contribution in [0.1, 0.15) is 43.7 Å². The van der Waals surface area contributed by atoms with Gasteiger partial charge < -0.3 is 4.90 Å². The Morgan fingerprint density at radius 2 is 2.06 bits per heavy atom. The third-order valence-electron chi connectivity index (χ3n) is 5.57. The van der Waals surface area contributed by atoms with Crippen LogP contribution in [0.5, 0.6) is 0 Å². The van der Waals surface area contributed by atoms with E-state index in [0.29, 0.717) is 16.3 Å². The van der Waals surface area contributed by atoms with Crippen LogP contribution < -0.4 is 9.03 Å². The van der Waals surface area contributed by atoms with Gasteiger partial charge in [0.05, 0.1) is 24.8 Å². The van der Waals surface area contributed by atoms with Gasteiger partial charge in [0.1, 0.15) is 0 Å². The number of anilines is 1. The molecule has 1 amide bonds. The SMILES string of the molecule is CC(C)c1cc(Cl)cc(CC(=O)NS(=O)(=O)N(C[C@@H]2CCCN2C)c2cnn(C)c2)c1. The summed E-state index contributed by atoms with van der Waals surface area (Å²) in [4.78, 5) is 14.8. The zero-order chi connectivity index (χ0) is 22.8. The molecule has 3 rings (SSSR count). The summed E-state index contributed by atoms with van der Waals surface area (Å²) in [5.74, 6) is -0.362. The lowest BCUT2D eigenvalue weighted by Crippen LogP contribution is -2.48. The molecule has 10 heteroatoms. The quantitative estimate of drug-likeness (QED) is 0.645. The van der Waals surface area contributed by atoms with Gasteiger partial charge in [0.15, 0.2) is 0 Å². The van der Waals surface area contributed by atoms with Crippen molar-refractivity contribution in [3.63, 3.8) is 0 Å². The standard InChI is InChI=1S/C21H30ClN5O3S/c1-15(2)17-8-16(9-18(22)11-17)10-21(28)24-31(29,30)27(20-12-23-26(4)13-20)14-19-6-5-7-25(19)3/h8-9,11-13,15,19H,5-7,10,14H2,1-4H3,(H,24,28)/t19-/m0/s1. The molecule has 2 aromatic rings. The van der Waals surface area contributed by atoms with E-state index in [2.05, 4.69) is 14.7 Å². The van der Waals surface area contributed by atoms with Crippen LogP contribution in [0.25, 0.3) is 0 Å². The van der Waals surface area contributed by atoms with Crippen LogP contribution in [0.2, 0.25) is 5.02 Å². The molecule has 170 valence electrons. The molecule has 31 heavy (non-hydrogen) atoms. The first kappa shape index (κ1) is 23.6. The van der Waals surface area contributed by atoms with Crippen molar-refractivity contribution in [1.29, 1.82) is 0 Å². The molecule has 1 atom stereocenters. The molecule has 0 aliphatic carbocycles. The average Bonchev–Trinajstić information content (AvgIpc) is 3.26. The summed E-state index contributed by atoms with van der Waals surface area (Å²) in [6.07, 6.45) is 4.96. The summed E-state index contributed by atoms with van der Waals surface area (Å²) in [5.41, 5.74) is 2.10. The van der Waals surface area contributed by atoms with Crippen LogP contribution in [-0.4, -0.2) is 55.2 Å². The Labute approximate surface area is 189 Å². The Kier molecular flexibility index (Phi) is 7.28. The molecule has 0 spiro atoms. The monoisotopic (exact) mass is 467 g/mol. The second kappa shape index (κ2) is 9.58. The van der Waals surface area contributed by atoms with Gasteiger partial charge in [-0.15, -0.1) is 0 Å². The highest BCUT2D eigenvalue weighted by Crippen LogP contribution is 2.24. The molecule has 0 saturated carbocycles. The Balaban J connectivity index is 1.79. The first-order valence-corrected chi connectivity index (χ1v) is 12.2. The second-order valence-electron chi connectivity index (χ2n) is 8.43. The van der Waals surface area contributed by atoms with E-state index in [9.17, 15) is 13.2 Å². The molecule has 0 radical (unpaired) electrons. The van der Waals surface area contributed by atoms with Gasteiger partial charge in [-0.05, 0) is 55.6 Å². The summed E-state index contributed by atoms with van der Waals surface area (Å²) in [6.45, 7) is 5.24. The van der Waals surface area contributed by atoms with Gasteiger partial charge in [0.2, 0.25) is 5.91 Å². The Morgan fingerprint density at radius 1 is 1.32 bits per heavy atom. The van der Waals surface area contributed by atoms with Crippen LogP contribution in [0.15, 0.2) is 30.6 Å².